The molecule has 2 N–H and O–H groups in total. The van der Waals surface area contributed by atoms with Gasteiger partial charge >= 0.3 is 5.97 Å². The van der Waals surface area contributed by atoms with Crippen molar-refractivity contribution in [3.63, 3.8) is 0 Å². The van der Waals surface area contributed by atoms with Crippen molar-refractivity contribution in [2.75, 3.05) is 5.32 Å². The van der Waals surface area contributed by atoms with Gasteiger partial charge in [-0.1, -0.05) is 23.7 Å². The monoisotopic (exact) mass is 308 g/mol. The first-order chi connectivity index (χ1) is 9.97. The van der Waals surface area contributed by atoms with Crippen LogP contribution in [0.5, 0.6) is 0 Å². The molecule has 1 atom stereocenters. The lowest BCUT2D eigenvalue weighted by atomic mass is 10.1. The van der Waals surface area contributed by atoms with E-state index in [-0.39, 0.29) is 22.4 Å². The Hall–Kier alpha value is -2.14. The van der Waals surface area contributed by atoms with Crippen molar-refractivity contribution in [1.29, 1.82) is 0 Å². The van der Waals surface area contributed by atoms with Crippen LogP contribution in [-0.2, 0) is 6.42 Å². The molecule has 1 aromatic carbocycles. The van der Waals surface area contributed by atoms with Crippen LogP contribution in [0.2, 0.25) is 5.02 Å². The average molecular weight is 309 g/mol. The standard InChI is InChI=1S/C15H14ClFN2O2/c1-9(8-10-2-4-11(17)5-3-10)19-14-13(16)12(15(20)21)6-7-18-14/h2-7,9H,8H2,1H3,(H,18,19)(H,20,21). The van der Waals surface area contributed by atoms with Gasteiger partial charge in [-0.3, -0.25) is 0 Å². The van der Waals surface area contributed by atoms with Gasteiger partial charge in [-0.05, 0) is 37.1 Å². The molecule has 1 heterocycles. The molecular formula is C15H14ClFN2O2. The van der Waals surface area contributed by atoms with Crippen LogP contribution in [0, 0.1) is 5.82 Å². The van der Waals surface area contributed by atoms with Gasteiger partial charge in [0.05, 0.1) is 10.6 Å². The van der Waals surface area contributed by atoms with Crippen molar-refractivity contribution in [2.24, 2.45) is 0 Å². The number of nitrogens with zero attached hydrogens (tertiary/aromatic N) is 1. The zero-order valence-electron chi connectivity index (χ0n) is 11.3. The molecule has 0 saturated carbocycles. The molecular weight excluding hydrogens is 295 g/mol. The summed E-state index contributed by atoms with van der Waals surface area (Å²) < 4.78 is 12.8. The summed E-state index contributed by atoms with van der Waals surface area (Å²) in [5.41, 5.74) is 0.963. The Bertz CT molecular complexity index is 647. The van der Waals surface area contributed by atoms with Crippen LogP contribution in [0.15, 0.2) is 36.5 Å². The molecule has 0 saturated heterocycles. The van der Waals surface area contributed by atoms with E-state index in [4.69, 9.17) is 16.7 Å². The quantitative estimate of drug-likeness (QED) is 0.885. The number of aromatic nitrogens is 1. The maximum Gasteiger partial charge on any atom is 0.337 e. The van der Waals surface area contributed by atoms with Gasteiger partial charge in [-0.2, -0.15) is 0 Å². The first-order valence-electron chi connectivity index (χ1n) is 6.36. The van der Waals surface area contributed by atoms with Gasteiger partial charge in [0, 0.05) is 12.2 Å². The van der Waals surface area contributed by atoms with Crippen LogP contribution in [0.3, 0.4) is 0 Å². The maximum atomic E-state index is 12.8. The van der Waals surface area contributed by atoms with Gasteiger partial charge in [0.15, 0.2) is 0 Å². The molecule has 0 bridgehead atoms. The van der Waals surface area contributed by atoms with Crippen molar-refractivity contribution < 1.29 is 14.3 Å². The molecule has 0 aliphatic carbocycles. The summed E-state index contributed by atoms with van der Waals surface area (Å²) in [6.45, 7) is 1.91. The average Bonchev–Trinajstić information content (AvgIpc) is 2.43. The minimum absolute atomic E-state index is 0.00292. The lowest BCUT2D eigenvalue weighted by Crippen LogP contribution is -2.19. The first kappa shape index (κ1) is 15.3. The van der Waals surface area contributed by atoms with E-state index in [2.05, 4.69) is 10.3 Å². The lowest BCUT2D eigenvalue weighted by molar-refractivity contribution is 0.0697. The smallest absolute Gasteiger partial charge is 0.337 e. The normalized spacial score (nSPS) is 12.0. The Balaban J connectivity index is 2.09. The highest BCUT2D eigenvalue weighted by Crippen LogP contribution is 2.24. The molecule has 1 unspecified atom stereocenters. The molecule has 0 aliphatic heterocycles. The van der Waals surface area contributed by atoms with Crippen molar-refractivity contribution in [1.82, 2.24) is 4.98 Å². The Labute approximate surface area is 126 Å². The third kappa shape index (κ3) is 3.92. The zero-order chi connectivity index (χ0) is 15.4. The summed E-state index contributed by atoms with van der Waals surface area (Å²) in [4.78, 5) is 15.1. The van der Waals surface area contributed by atoms with E-state index in [0.717, 1.165) is 5.56 Å². The lowest BCUT2D eigenvalue weighted by Gasteiger charge is -2.16. The molecule has 0 fully saturated rings. The van der Waals surface area contributed by atoms with E-state index in [1.807, 2.05) is 6.92 Å². The number of benzene rings is 1. The Morgan fingerprint density at radius 3 is 2.67 bits per heavy atom. The third-order valence-electron chi connectivity index (χ3n) is 2.96. The molecule has 4 nitrogen and oxygen atoms in total. The second-order valence-corrected chi connectivity index (χ2v) is 5.08. The van der Waals surface area contributed by atoms with Gasteiger partial charge in [-0.25, -0.2) is 14.2 Å². The molecule has 2 aromatic rings. The number of anilines is 1. The van der Waals surface area contributed by atoms with E-state index in [0.29, 0.717) is 12.2 Å². The fourth-order valence-corrected chi connectivity index (χ4v) is 2.22. The maximum absolute atomic E-state index is 12.8. The summed E-state index contributed by atoms with van der Waals surface area (Å²) in [6.07, 6.45) is 2.03. The van der Waals surface area contributed by atoms with Gasteiger partial charge < -0.3 is 10.4 Å². The Kier molecular flexibility index (Phi) is 4.75. The van der Waals surface area contributed by atoms with E-state index in [1.54, 1.807) is 12.1 Å². The van der Waals surface area contributed by atoms with Crippen LogP contribution in [0.25, 0.3) is 0 Å². The zero-order valence-corrected chi connectivity index (χ0v) is 12.1. The van der Waals surface area contributed by atoms with Gasteiger partial charge in [0.2, 0.25) is 0 Å². The fraction of sp³-hybridized carbons (Fsp3) is 0.200. The van der Waals surface area contributed by atoms with E-state index >= 15 is 0 Å². The summed E-state index contributed by atoms with van der Waals surface area (Å²) in [6, 6.07) is 7.52. The topological polar surface area (TPSA) is 62.2 Å². The van der Waals surface area contributed by atoms with Crippen molar-refractivity contribution in [3.8, 4) is 0 Å². The molecule has 110 valence electrons. The summed E-state index contributed by atoms with van der Waals surface area (Å²) in [5.74, 6) is -1.05. The van der Waals surface area contributed by atoms with E-state index in [1.165, 1.54) is 24.4 Å². The summed E-state index contributed by atoms with van der Waals surface area (Å²) >= 11 is 6.02. The second kappa shape index (κ2) is 6.54. The van der Waals surface area contributed by atoms with E-state index in [9.17, 15) is 9.18 Å². The summed E-state index contributed by atoms with van der Waals surface area (Å²) in [7, 11) is 0. The number of carbonyl (C=O) groups is 1. The predicted molar refractivity (Wildman–Crippen MR) is 79.4 cm³/mol. The van der Waals surface area contributed by atoms with Crippen LogP contribution >= 0.6 is 11.6 Å². The predicted octanol–water partition coefficient (Wildman–Crippen LogP) is 3.62. The van der Waals surface area contributed by atoms with Gasteiger partial charge in [-0.15, -0.1) is 0 Å². The number of hydrogen-bond donors (Lipinski definition) is 2. The molecule has 0 radical (unpaired) electrons. The van der Waals surface area contributed by atoms with Crippen molar-refractivity contribution in [2.45, 2.75) is 19.4 Å². The molecule has 0 spiro atoms. The SMILES string of the molecule is CC(Cc1ccc(F)cc1)Nc1nccc(C(=O)O)c1Cl. The fourth-order valence-electron chi connectivity index (χ4n) is 1.97. The number of rotatable bonds is 5. The van der Waals surface area contributed by atoms with E-state index < -0.39 is 5.97 Å². The van der Waals surface area contributed by atoms with Gasteiger partial charge in [0.25, 0.3) is 0 Å². The summed E-state index contributed by atoms with van der Waals surface area (Å²) in [5, 5.41) is 12.2. The highest BCUT2D eigenvalue weighted by atomic mass is 35.5. The molecule has 21 heavy (non-hydrogen) atoms. The van der Waals surface area contributed by atoms with Crippen LogP contribution in [0.1, 0.15) is 22.8 Å². The number of carboxylic acid groups (broad SMARTS) is 1. The van der Waals surface area contributed by atoms with Crippen LogP contribution in [-0.4, -0.2) is 22.1 Å². The van der Waals surface area contributed by atoms with Crippen molar-refractivity contribution >= 4 is 23.4 Å². The first-order valence-corrected chi connectivity index (χ1v) is 6.74. The number of halogens is 2. The highest BCUT2D eigenvalue weighted by Gasteiger charge is 2.14. The van der Waals surface area contributed by atoms with Crippen LogP contribution < -0.4 is 5.32 Å². The minimum atomic E-state index is -1.10. The number of nitrogens with one attached hydrogen (secondary N) is 1. The van der Waals surface area contributed by atoms with Gasteiger partial charge in [0.1, 0.15) is 11.6 Å². The van der Waals surface area contributed by atoms with Crippen LogP contribution in [0.4, 0.5) is 10.2 Å². The number of carboxylic acids is 1. The molecule has 1 aromatic heterocycles. The molecule has 0 aliphatic rings. The molecule has 2 rings (SSSR count). The number of aromatic carboxylic acids is 1. The minimum Gasteiger partial charge on any atom is -0.478 e. The highest BCUT2D eigenvalue weighted by molar-refractivity contribution is 6.35. The Morgan fingerprint density at radius 2 is 2.05 bits per heavy atom. The number of hydrogen-bond acceptors (Lipinski definition) is 3. The molecule has 0 amide bonds. The molecule has 6 heteroatoms. The largest absolute Gasteiger partial charge is 0.478 e. The third-order valence-corrected chi connectivity index (χ3v) is 3.34. The Morgan fingerprint density at radius 1 is 1.38 bits per heavy atom. The number of pyridine rings is 1. The second-order valence-electron chi connectivity index (χ2n) is 4.70. The van der Waals surface area contributed by atoms with Crippen molar-refractivity contribution in [3.05, 3.63) is 58.5 Å².